The van der Waals surface area contributed by atoms with Crippen molar-refractivity contribution in [3.05, 3.63) is 38.8 Å². The quantitative estimate of drug-likeness (QED) is 0.334. The van der Waals surface area contributed by atoms with Crippen molar-refractivity contribution in [3.63, 3.8) is 0 Å². The minimum atomic E-state index is -0.427. The Balaban J connectivity index is 1.43. The maximum Gasteiger partial charge on any atom is 0.344 e. The van der Waals surface area contributed by atoms with Gasteiger partial charge in [-0.25, -0.2) is 4.79 Å². The van der Waals surface area contributed by atoms with Crippen molar-refractivity contribution in [3.8, 4) is 5.75 Å². The molecule has 0 aromatic heterocycles. The van der Waals surface area contributed by atoms with E-state index in [1.165, 1.54) is 24.1 Å². The minimum Gasteiger partial charge on any atom is -0.480 e. The highest BCUT2D eigenvalue weighted by Crippen LogP contribution is 2.59. The molecule has 136 valence electrons. The first kappa shape index (κ1) is 18.9. The standard InChI is InChI=1S/C19H21Cl3O3/c1-19(2)12-4-3-11(13(19)7-12)5-6-24-18(23)10-25-17-9-15(21)14(20)8-16(17)22/h3,8-9,12-13H,4-7,10H2,1-2H3/t12-,13+/m1/s1. The zero-order chi connectivity index (χ0) is 18.2. The van der Waals surface area contributed by atoms with E-state index in [1.54, 1.807) is 0 Å². The lowest BCUT2D eigenvalue weighted by Gasteiger charge is -2.56. The second kappa shape index (κ2) is 7.38. The van der Waals surface area contributed by atoms with Gasteiger partial charge in [0.25, 0.3) is 0 Å². The molecule has 0 N–H and O–H groups in total. The Hall–Kier alpha value is -0.900. The lowest BCUT2D eigenvalue weighted by Crippen LogP contribution is -2.48. The van der Waals surface area contributed by atoms with Crippen LogP contribution in [0.4, 0.5) is 0 Å². The highest BCUT2D eigenvalue weighted by molar-refractivity contribution is 6.43. The molecule has 25 heavy (non-hydrogen) atoms. The number of allylic oxidation sites excluding steroid dienone is 1. The fourth-order valence-electron chi connectivity index (χ4n) is 3.83. The third-order valence-corrected chi connectivity index (χ3v) is 6.57. The summed E-state index contributed by atoms with van der Waals surface area (Å²) >= 11 is 17.8. The van der Waals surface area contributed by atoms with E-state index < -0.39 is 5.97 Å². The van der Waals surface area contributed by atoms with E-state index in [9.17, 15) is 4.79 Å². The maximum atomic E-state index is 11.9. The molecule has 3 nitrogen and oxygen atoms in total. The van der Waals surface area contributed by atoms with Gasteiger partial charge in [-0.2, -0.15) is 0 Å². The van der Waals surface area contributed by atoms with Crippen molar-refractivity contribution in [1.29, 1.82) is 0 Å². The molecule has 0 amide bonds. The molecule has 3 aliphatic rings. The van der Waals surface area contributed by atoms with E-state index >= 15 is 0 Å². The van der Waals surface area contributed by atoms with Crippen LogP contribution in [-0.2, 0) is 9.53 Å². The van der Waals surface area contributed by atoms with Crippen LogP contribution in [-0.4, -0.2) is 19.2 Å². The number of hydrogen-bond acceptors (Lipinski definition) is 3. The summed E-state index contributed by atoms with van der Waals surface area (Å²) in [6.45, 7) is 4.83. The summed E-state index contributed by atoms with van der Waals surface area (Å²) in [6, 6.07) is 2.97. The molecule has 1 saturated carbocycles. The van der Waals surface area contributed by atoms with E-state index in [0.29, 0.717) is 38.8 Å². The smallest absolute Gasteiger partial charge is 0.344 e. The Morgan fingerprint density at radius 2 is 1.92 bits per heavy atom. The van der Waals surface area contributed by atoms with Gasteiger partial charge in [-0.15, -0.1) is 0 Å². The predicted molar refractivity (Wildman–Crippen MR) is 101 cm³/mol. The molecule has 0 radical (unpaired) electrons. The van der Waals surface area contributed by atoms with Crippen molar-refractivity contribution in [2.45, 2.75) is 33.1 Å². The number of hydrogen-bond donors (Lipinski definition) is 0. The average Bonchev–Trinajstić information content (AvgIpc) is 2.57. The Morgan fingerprint density at radius 1 is 1.20 bits per heavy atom. The molecule has 0 aliphatic heterocycles. The number of carbonyl (C=O) groups is 1. The number of fused-ring (bicyclic) bond motifs is 1. The molecule has 6 heteroatoms. The molecule has 0 heterocycles. The van der Waals surface area contributed by atoms with Gasteiger partial charge in [-0.05, 0) is 36.2 Å². The van der Waals surface area contributed by atoms with Gasteiger partial charge in [0.15, 0.2) is 6.61 Å². The molecular formula is C19H21Cl3O3. The summed E-state index contributed by atoms with van der Waals surface area (Å²) in [5, 5.41) is 0.958. The van der Waals surface area contributed by atoms with Gasteiger partial charge in [-0.3, -0.25) is 0 Å². The fraction of sp³-hybridized carbons (Fsp3) is 0.526. The number of ether oxygens (including phenoxy) is 2. The number of benzene rings is 1. The van der Waals surface area contributed by atoms with Crippen LogP contribution in [0.2, 0.25) is 15.1 Å². The van der Waals surface area contributed by atoms with E-state index in [2.05, 4.69) is 19.9 Å². The number of carbonyl (C=O) groups excluding carboxylic acids is 1. The Bertz CT molecular complexity index is 712. The average molecular weight is 404 g/mol. The summed E-state index contributed by atoms with van der Waals surface area (Å²) in [5.74, 6) is 1.33. The molecule has 0 unspecified atom stereocenters. The Labute approximate surface area is 163 Å². The SMILES string of the molecule is CC1(C)[C@@H]2CC=C(CCOC(=O)COc3cc(Cl)c(Cl)cc3Cl)[C@@H]1C2. The number of esters is 1. The molecular weight excluding hydrogens is 383 g/mol. The van der Waals surface area contributed by atoms with Crippen LogP contribution in [0.25, 0.3) is 0 Å². The zero-order valence-electron chi connectivity index (χ0n) is 14.3. The Morgan fingerprint density at radius 3 is 2.60 bits per heavy atom. The van der Waals surface area contributed by atoms with Gasteiger partial charge in [0.2, 0.25) is 0 Å². The predicted octanol–water partition coefficient (Wildman–Crippen LogP) is 5.95. The molecule has 3 aliphatic carbocycles. The molecule has 4 rings (SSSR count). The van der Waals surface area contributed by atoms with Crippen molar-refractivity contribution >= 4 is 40.8 Å². The minimum absolute atomic E-state index is 0.215. The van der Waals surface area contributed by atoms with Gasteiger partial charge in [-0.1, -0.05) is 60.3 Å². The summed E-state index contributed by atoms with van der Waals surface area (Å²) in [7, 11) is 0. The van der Waals surface area contributed by atoms with Crippen molar-refractivity contribution in [2.24, 2.45) is 17.3 Å². The number of halogens is 3. The van der Waals surface area contributed by atoms with Crippen LogP contribution in [0.1, 0.15) is 33.1 Å². The third-order valence-electron chi connectivity index (χ3n) is 5.56. The molecule has 0 spiro atoms. The third kappa shape index (κ3) is 3.94. The van der Waals surface area contributed by atoms with E-state index in [4.69, 9.17) is 44.3 Å². The van der Waals surface area contributed by atoms with Crippen LogP contribution < -0.4 is 4.74 Å². The normalized spacial score (nSPS) is 23.5. The lowest BCUT2D eigenvalue weighted by molar-refractivity contribution is -0.146. The fourth-order valence-corrected chi connectivity index (χ4v) is 4.42. The highest BCUT2D eigenvalue weighted by atomic mass is 35.5. The molecule has 0 saturated heterocycles. The number of rotatable bonds is 6. The molecule has 1 aromatic rings. The summed E-state index contributed by atoms with van der Waals surface area (Å²) in [4.78, 5) is 11.9. The van der Waals surface area contributed by atoms with Gasteiger partial charge in [0.05, 0.1) is 21.7 Å². The topological polar surface area (TPSA) is 35.5 Å². The van der Waals surface area contributed by atoms with Crippen LogP contribution in [0, 0.1) is 17.3 Å². The molecule has 1 fully saturated rings. The van der Waals surface area contributed by atoms with Crippen LogP contribution >= 0.6 is 34.8 Å². The zero-order valence-corrected chi connectivity index (χ0v) is 16.5. The van der Waals surface area contributed by atoms with Crippen molar-refractivity contribution < 1.29 is 14.3 Å². The maximum absolute atomic E-state index is 11.9. The summed E-state index contributed by atoms with van der Waals surface area (Å²) in [6.07, 6.45) is 5.53. The van der Waals surface area contributed by atoms with Crippen molar-refractivity contribution in [1.82, 2.24) is 0 Å². The van der Waals surface area contributed by atoms with E-state index in [0.717, 1.165) is 18.8 Å². The second-order valence-electron chi connectivity index (χ2n) is 7.28. The highest BCUT2D eigenvalue weighted by Gasteiger charge is 2.50. The molecule has 2 atom stereocenters. The van der Waals surface area contributed by atoms with E-state index in [1.807, 2.05) is 0 Å². The van der Waals surface area contributed by atoms with Gasteiger partial charge in [0, 0.05) is 12.5 Å². The molecule has 1 aromatic carbocycles. The van der Waals surface area contributed by atoms with Gasteiger partial charge >= 0.3 is 5.97 Å². The first-order valence-electron chi connectivity index (χ1n) is 8.41. The molecule has 2 bridgehead atoms. The van der Waals surface area contributed by atoms with Crippen molar-refractivity contribution in [2.75, 3.05) is 13.2 Å². The Kier molecular flexibility index (Phi) is 5.57. The summed E-state index contributed by atoms with van der Waals surface area (Å²) < 4.78 is 10.7. The lowest BCUT2D eigenvalue weighted by atomic mass is 9.48. The first-order valence-corrected chi connectivity index (χ1v) is 9.54. The van der Waals surface area contributed by atoms with Gasteiger partial charge < -0.3 is 9.47 Å². The van der Waals surface area contributed by atoms with Crippen LogP contribution in [0.15, 0.2) is 23.8 Å². The van der Waals surface area contributed by atoms with Crippen LogP contribution in [0.3, 0.4) is 0 Å². The largest absolute Gasteiger partial charge is 0.480 e. The summed E-state index contributed by atoms with van der Waals surface area (Å²) in [5.41, 5.74) is 1.82. The first-order chi connectivity index (χ1) is 11.8. The second-order valence-corrected chi connectivity index (χ2v) is 8.50. The monoisotopic (exact) mass is 402 g/mol. The van der Waals surface area contributed by atoms with Crippen LogP contribution in [0.5, 0.6) is 5.75 Å². The van der Waals surface area contributed by atoms with Gasteiger partial charge in [0.1, 0.15) is 5.75 Å². The van der Waals surface area contributed by atoms with E-state index in [-0.39, 0.29) is 6.61 Å².